The molecule has 0 atom stereocenters. The summed E-state index contributed by atoms with van der Waals surface area (Å²) in [5, 5.41) is 1.83. The van der Waals surface area contributed by atoms with E-state index in [2.05, 4.69) is 23.6 Å². The maximum absolute atomic E-state index is 12.3. The summed E-state index contributed by atoms with van der Waals surface area (Å²) in [5.74, 6) is 0. The SMILES string of the molecule is Cc1cc2cc(N(C)C(=O)OC(C)(C)C)ccc2n1Cc1ccc(Cl)cc1. The first-order valence-electron chi connectivity index (χ1n) is 8.95. The summed E-state index contributed by atoms with van der Waals surface area (Å²) in [4.78, 5) is 13.9. The summed E-state index contributed by atoms with van der Waals surface area (Å²) in [6.07, 6.45) is -0.362. The van der Waals surface area contributed by atoms with Crippen LogP contribution in [0.25, 0.3) is 10.9 Å². The fourth-order valence-electron chi connectivity index (χ4n) is 3.02. The van der Waals surface area contributed by atoms with Crippen molar-refractivity contribution in [2.75, 3.05) is 11.9 Å². The minimum Gasteiger partial charge on any atom is -0.443 e. The standard InChI is InChI=1S/C22H25ClN2O2/c1-15-12-17-13-19(24(5)21(26)27-22(2,3)4)10-11-20(17)25(15)14-16-6-8-18(23)9-7-16/h6-13H,14H2,1-5H3. The van der Waals surface area contributed by atoms with Gasteiger partial charge in [0.2, 0.25) is 0 Å². The average Bonchev–Trinajstić information content (AvgIpc) is 2.89. The molecule has 1 aromatic heterocycles. The molecular formula is C22H25ClN2O2. The number of halogens is 1. The van der Waals surface area contributed by atoms with Crippen molar-refractivity contribution < 1.29 is 9.53 Å². The third kappa shape index (κ3) is 4.45. The summed E-state index contributed by atoms with van der Waals surface area (Å²) in [5.41, 5.74) is 3.77. The summed E-state index contributed by atoms with van der Waals surface area (Å²) in [7, 11) is 1.73. The molecule has 0 aliphatic heterocycles. The Balaban J connectivity index is 1.89. The second kappa shape index (κ2) is 7.28. The first kappa shape index (κ1) is 19.3. The van der Waals surface area contributed by atoms with Crippen LogP contribution >= 0.6 is 11.6 Å². The smallest absolute Gasteiger partial charge is 0.414 e. The van der Waals surface area contributed by atoms with E-state index in [9.17, 15) is 4.79 Å². The van der Waals surface area contributed by atoms with Crippen molar-refractivity contribution in [2.45, 2.75) is 39.8 Å². The molecule has 0 aliphatic rings. The molecule has 0 N–H and O–H groups in total. The van der Waals surface area contributed by atoms with E-state index in [-0.39, 0.29) is 6.09 Å². The Morgan fingerprint density at radius 1 is 1.11 bits per heavy atom. The lowest BCUT2D eigenvalue weighted by atomic mass is 10.2. The molecule has 0 fully saturated rings. The third-order valence-corrected chi connectivity index (χ3v) is 4.65. The maximum atomic E-state index is 12.3. The molecular weight excluding hydrogens is 360 g/mol. The molecule has 3 rings (SSSR count). The molecule has 5 heteroatoms. The van der Waals surface area contributed by atoms with E-state index in [1.165, 1.54) is 10.5 Å². The monoisotopic (exact) mass is 384 g/mol. The number of fused-ring (bicyclic) bond motifs is 1. The zero-order valence-electron chi connectivity index (χ0n) is 16.4. The molecule has 1 heterocycles. The molecule has 0 aliphatic carbocycles. The van der Waals surface area contributed by atoms with E-state index in [0.717, 1.165) is 33.9 Å². The van der Waals surface area contributed by atoms with Crippen LogP contribution in [-0.2, 0) is 11.3 Å². The van der Waals surface area contributed by atoms with Crippen LogP contribution in [0, 0.1) is 6.92 Å². The minimum atomic E-state index is -0.520. The quantitative estimate of drug-likeness (QED) is 0.553. The molecule has 0 radical (unpaired) electrons. The number of carbonyl (C=O) groups is 1. The van der Waals surface area contributed by atoms with Crippen molar-refractivity contribution in [3.63, 3.8) is 0 Å². The molecule has 4 nitrogen and oxygen atoms in total. The molecule has 0 saturated carbocycles. The summed E-state index contributed by atoms with van der Waals surface area (Å²) >= 11 is 5.98. The second-order valence-electron chi connectivity index (χ2n) is 7.78. The number of ether oxygens (including phenoxy) is 1. The van der Waals surface area contributed by atoms with Crippen LogP contribution in [0.3, 0.4) is 0 Å². The summed E-state index contributed by atoms with van der Waals surface area (Å²) < 4.78 is 7.71. The molecule has 0 bridgehead atoms. The number of aryl methyl sites for hydroxylation is 1. The number of hydrogen-bond donors (Lipinski definition) is 0. The number of rotatable bonds is 3. The normalized spacial score (nSPS) is 11.6. The molecule has 0 spiro atoms. The number of hydrogen-bond acceptors (Lipinski definition) is 2. The lowest BCUT2D eigenvalue weighted by Gasteiger charge is -2.24. The Kier molecular flexibility index (Phi) is 5.20. The average molecular weight is 385 g/mol. The zero-order valence-corrected chi connectivity index (χ0v) is 17.2. The van der Waals surface area contributed by atoms with Crippen molar-refractivity contribution in [3.05, 3.63) is 64.8 Å². The number of carbonyl (C=O) groups excluding carboxylic acids is 1. The van der Waals surface area contributed by atoms with E-state index < -0.39 is 5.60 Å². The number of anilines is 1. The topological polar surface area (TPSA) is 34.5 Å². The van der Waals surface area contributed by atoms with E-state index in [4.69, 9.17) is 16.3 Å². The Hall–Kier alpha value is -2.46. The summed E-state index contributed by atoms with van der Waals surface area (Å²) in [6.45, 7) is 8.45. The van der Waals surface area contributed by atoms with Gasteiger partial charge in [0.05, 0.1) is 0 Å². The van der Waals surface area contributed by atoms with Gasteiger partial charge >= 0.3 is 6.09 Å². The number of aromatic nitrogens is 1. The molecule has 3 aromatic rings. The largest absolute Gasteiger partial charge is 0.443 e. The highest BCUT2D eigenvalue weighted by Gasteiger charge is 2.21. The van der Waals surface area contributed by atoms with Gasteiger partial charge in [-0.15, -0.1) is 0 Å². The predicted molar refractivity (Wildman–Crippen MR) is 112 cm³/mol. The summed E-state index contributed by atoms with van der Waals surface area (Å²) in [6, 6.07) is 16.1. The van der Waals surface area contributed by atoms with Gasteiger partial charge in [0.25, 0.3) is 0 Å². The van der Waals surface area contributed by atoms with Crippen molar-refractivity contribution in [1.82, 2.24) is 4.57 Å². The van der Waals surface area contributed by atoms with E-state index >= 15 is 0 Å². The Bertz CT molecular complexity index is 968. The van der Waals surface area contributed by atoms with Gasteiger partial charge in [-0.05, 0) is 69.7 Å². The fraction of sp³-hybridized carbons (Fsp3) is 0.318. The first-order chi connectivity index (χ1) is 12.6. The van der Waals surface area contributed by atoms with Crippen molar-refractivity contribution in [3.8, 4) is 0 Å². The van der Waals surface area contributed by atoms with Crippen LogP contribution < -0.4 is 4.90 Å². The number of benzene rings is 2. The Morgan fingerprint density at radius 2 is 1.78 bits per heavy atom. The van der Waals surface area contributed by atoms with Crippen LogP contribution in [0.4, 0.5) is 10.5 Å². The van der Waals surface area contributed by atoms with Gasteiger partial charge in [0.1, 0.15) is 5.60 Å². The Morgan fingerprint density at radius 3 is 2.41 bits per heavy atom. The Labute approximate surface area is 165 Å². The minimum absolute atomic E-state index is 0.362. The molecule has 27 heavy (non-hydrogen) atoms. The molecule has 142 valence electrons. The van der Waals surface area contributed by atoms with Gasteiger partial charge in [0, 0.05) is 40.9 Å². The van der Waals surface area contributed by atoms with Crippen molar-refractivity contribution in [1.29, 1.82) is 0 Å². The van der Waals surface area contributed by atoms with Crippen LogP contribution in [0.15, 0.2) is 48.5 Å². The number of nitrogens with zero attached hydrogens (tertiary/aromatic N) is 2. The van der Waals surface area contributed by atoms with Gasteiger partial charge in [0.15, 0.2) is 0 Å². The predicted octanol–water partition coefficient (Wildman–Crippen LogP) is 6.02. The second-order valence-corrected chi connectivity index (χ2v) is 8.22. The van der Waals surface area contributed by atoms with Gasteiger partial charge in [-0.3, -0.25) is 4.90 Å². The molecule has 1 amide bonds. The van der Waals surface area contributed by atoms with E-state index in [1.54, 1.807) is 7.05 Å². The fourth-order valence-corrected chi connectivity index (χ4v) is 3.15. The molecule has 2 aromatic carbocycles. The highest BCUT2D eigenvalue weighted by molar-refractivity contribution is 6.30. The molecule has 0 unspecified atom stereocenters. The highest BCUT2D eigenvalue weighted by Crippen LogP contribution is 2.27. The van der Waals surface area contributed by atoms with E-state index in [1.807, 2.05) is 57.2 Å². The van der Waals surface area contributed by atoms with Crippen LogP contribution in [-0.4, -0.2) is 23.3 Å². The third-order valence-electron chi connectivity index (χ3n) is 4.40. The van der Waals surface area contributed by atoms with Crippen LogP contribution in [0.2, 0.25) is 5.02 Å². The maximum Gasteiger partial charge on any atom is 0.414 e. The van der Waals surface area contributed by atoms with Crippen molar-refractivity contribution >= 4 is 34.3 Å². The van der Waals surface area contributed by atoms with Gasteiger partial charge in [-0.25, -0.2) is 4.79 Å². The van der Waals surface area contributed by atoms with Gasteiger partial charge < -0.3 is 9.30 Å². The van der Waals surface area contributed by atoms with Gasteiger partial charge in [-0.1, -0.05) is 23.7 Å². The zero-order chi connectivity index (χ0) is 19.8. The van der Waals surface area contributed by atoms with Gasteiger partial charge in [-0.2, -0.15) is 0 Å². The first-order valence-corrected chi connectivity index (χ1v) is 9.33. The van der Waals surface area contributed by atoms with Crippen molar-refractivity contribution in [2.24, 2.45) is 0 Å². The lowest BCUT2D eigenvalue weighted by Crippen LogP contribution is -2.34. The highest BCUT2D eigenvalue weighted by atomic mass is 35.5. The lowest BCUT2D eigenvalue weighted by molar-refractivity contribution is 0.0589. The van der Waals surface area contributed by atoms with E-state index in [0.29, 0.717) is 0 Å². The number of amides is 1. The molecule has 0 saturated heterocycles. The van der Waals surface area contributed by atoms with Crippen LogP contribution in [0.1, 0.15) is 32.0 Å². The van der Waals surface area contributed by atoms with Crippen LogP contribution in [0.5, 0.6) is 0 Å².